The van der Waals surface area contributed by atoms with Crippen LogP contribution in [0, 0.1) is 0 Å². The molecule has 1 aliphatic rings. The van der Waals surface area contributed by atoms with Crippen LogP contribution in [0.5, 0.6) is 11.5 Å². The first kappa shape index (κ1) is 21.8. The quantitative estimate of drug-likeness (QED) is 0.563. The number of carbonyl (C=O) groups excluding carboxylic acids is 2. The van der Waals surface area contributed by atoms with Crippen LogP contribution in [0.3, 0.4) is 0 Å². The number of hydrogen-bond donors (Lipinski definition) is 1. The number of nitrogens with zero attached hydrogens (tertiary/aromatic N) is 2. The van der Waals surface area contributed by atoms with Gasteiger partial charge >= 0.3 is 0 Å². The SMILES string of the molecule is COCCc1nc(-c2ccc3c(c2)N(CC(=O)Nc2ccccc2OC)C(=O)CO3)cs1. The lowest BCUT2D eigenvalue weighted by atomic mass is 10.1. The number of rotatable bonds is 8. The number of benzene rings is 2. The van der Waals surface area contributed by atoms with Crippen molar-refractivity contribution < 1.29 is 23.8 Å². The van der Waals surface area contributed by atoms with E-state index in [1.165, 1.54) is 12.0 Å². The van der Waals surface area contributed by atoms with E-state index in [4.69, 9.17) is 14.2 Å². The first-order valence-electron chi connectivity index (χ1n) is 10.0. The number of para-hydroxylation sites is 2. The fourth-order valence-corrected chi connectivity index (χ4v) is 4.15. The molecule has 32 heavy (non-hydrogen) atoms. The maximum Gasteiger partial charge on any atom is 0.265 e. The smallest absolute Gasteiger partial charge is 0.265 e. The molecule has 166 valence electrons. The van der Waals surface area contributed by atoms with Crippen molar-refractivity contribution in [1.29, 1.82) is 0 Å². The summed E-state index contributed by atoms with van der Waals surface area (Å²) in [5.41, 5.74) is 2.73. The van der Waals surface area contributed by atoms with Gasteiger partial charge in [-0.1, -0.05) is 12.1 Å². The summed E-state index contributed by atoms with van der Waals surface area (Å²) in [5, 5.41) is 5.75. The Morgan fingerprint density at radius 2 is 2.09 bits per heavy atom. The third kappa shape index (κ3) is 4.74. The van der Waals surface area contributed by atoms with Gasteiger partial charge in [0, 0.05) is 24.5 Å². The lowest BCUT2D eigenvalue weighted by molar-refractivity contribution is -0.123. The molecule has 1 N–H and O–H groups in total. The van der Waals surface area contributed by atoms with Crippen molar-refractivity contribution in [1.82, 2.24) is 4.98 Å². The number of carbonyl (C=O) groups is 2. The van der Waals surface area contributed by atoms with Gasteiger partial charge in [-0.25, -0.2) is 4.98 Å². The monoisotopic (exact) mass is 453 g/mol. The molecule has 2 aromatic carbocycles. The van der Waals surface area contributed by atoms with Crippen LogP contribution < -0.4 is 19.7 Å². The predicted molar refractivity (Wildman–Crippen MR) is 123 cm³/mol. The van der Waals surface area contributed by atoms with Crippen molar-refractivity contribution >= 4 is 34.5 Å². The number of nitrogens with one attached hydrogen (secondary N) is 1. The highest BCUT2D eigenvalue weighted by molar-refractivity contribution is 7.09. The molecule has 8 nitrogen and oxygen atoms in total. The molecule has 2 amide bonds. The van der Waals surface area contributed by atoms with Crippen LogP contribution in [-0.2, 0) is 20.7 Å². The highest BCUT2D eigenvalue weighted by Gasteiger charge is 2.28. The molecule has 0 saturated heterocycles. The molecule has 1 aliphatic heterocycles. The molecule has 9 heteroatoms. The Bertz CT molecular complexity index is 1130. The Labute approximate surface area is 189 Å². The van der Waals surface area contributed by atoms with Crippen LogP contribution >= 0.6 is 11.3 Å². The number of thiazole rings is 1. The van der Waals surface area contributed by atoms with Gasteiger partial charge < -0.3 is 19.5 Å². The zero-order chi connectivity index (χ0) is 22.5. The van der Waals surface area contributed by atoms with Crippen LogP contribution in [-0.4, -0.2) is 50.8 Å². The lowest BCUT2D eigenvalue weighted by Crippen LogP contribution is -2.43. The Morgan fingerprint density at radius 1 is 1.25 bits per heavy atom. The topological polar surface area (TPSA) is 90.0 Å². The molecule has 0 aliphatic carbocycles. The fraction of sp³-hybridized carbons (Fsp3) is 0.261. The Kier molecular flexibility index (Phi) is 6.67. The number of fused-ring (bicyclic) bond motifs is 1. The molecule has 2 heterocycles. The highest BCUT2D eigenvalue weighted by atomic mass is 32.1. The highest BCUT2D eigenvalue weighted by Crippen LogP contribution is 2.36. The van der Waals surface area contributed by atoms with Gasteiger partial charge in [-0.05, 0) is 30.3 Å². The van der Waals surface area contributed by atoms with E-state index in [0.29, 0.717) is 29.5 Å². The first-order valence-corrected chi connectivity index (χ1v) is 10.9. The second-order valence-electron chi connectivity index (χ2n) is 7.07. The van der Waals surface area contributed by atoms with Crippen molar-refractivity contribution in [3.8, 4) is 22.8 Å². The zero-order valence-electron chi connectivity index (χ0n) is 17.8. The summed E-state index contributed by atoms with van der Waals surface area (Å²) in [6.45, 7) is 0.341. The summed E-state index contributed by atoms with van der Waals surface area (Å²) < 4.78 is 16.0. The Hall–Kier alpha value is -3.43. The van der Waals surface area contributed by atoms with Crippen LogP contribution in [0.25, 0.3) is 11.3 Å². The van der Waals surface area contributed by atoms with E-state index in [1.54, 1.807) is 42.7 Å². The molecule has 0 spiro atoms. The van der Waals surface area contributed by atoms with Gasteiger partial charge in [-0.2, -0.15) is 0 Å². The summed E-state index contributed by atoms with van der Waals surface area (Å²) in [5.74, 6) is 0.471. The summed E-state index contributed by atoms with van der Waals surface area (Å²) in [6, 6.07) is 12.6. The maximum atomic E-state index is 12.7. The number of methoxy groups -OCH3 is 2. The number of hydrogen-bond acceptors (Lipinski definition) is 7. The maximum absolute atomic E-state index is 12.7. The average Bonchev–Trinajstić information content (AvgIpc) is 3.28. The third-order valence-electron chi connectivity index (χ3n) is 4.95. The largest absolute Gasteiger partial charge is 0.495 e. The molecule has 3 aromatic rings. The van der Waals surface area contributed by atoms with Crippen molar-refractivity contribution in [2.45, 2.75) is 6.42 Å². The van der Waals surface area contributed by atoms with Crippen molar-refractivity contribution in [2.24, 2.45) is 0 Å². The predicted octanol–water partition coefficient (Wildman–Crippen LogP) is 3.37. The Balaban J connectivity index is 1.55. The molecule has 0 bridgehead atoms. The second kappa shape index (κ2) is 9.80. The van der Waals surface area contributed by atoms with Gasteiger partial charge in [-0.15, -0.1) is 11.3 Å². The van der Waals surface area contributed by atoms with Gasteiger partial charge in [0.1, 0.15) is 18.0 Å². The average molecular weight is 454 g/mol. The van der Waals surface area contributed by atoms with Gasteiger partial charge in [0.15, 0.2) is 6.61 Å². The van der Waals surface area contributed by atoms with Crippen molar-refractivity contribution in [3.05, 3.63) is 52.9 Å². The summed E-state index contributed by atoms with van der Waals surface area (Å²) in [4.78, 5) is 31.4. The minimum atomic E-state index is -0.336. The number of ether oxygens (including phenoxy) is 3. The first-order chi connectivity index (χ1) is 15.6. The normalized spacial score (nSPS) is 12.8. The van der Waals surface area contributed by atoms with E-state index in [-0.39, 0.29) is 25.0 Å². The van der Waals surface area contributed by atoms with Gasteiger partial charge in [0.05, 0.1) is 35.8 Å². The van der Waals surface area contributed by atoms with E-state index >= 15 is 0 Å². The molecule has 0 radical (unpaired) electrons. The van der Waals surface area contributed by atoms with Crippen molar-refractivity contribution in [2.75, 3.05) is 44.2 Å². The fourth-order valence-electron chi connectivity index (χ4n) is 3.36. The summed E-state index contributed by atoms with van der Waals surface area (Å²) in [7, 11) is 3.20. The third-order valence-corrected chi connectivity index (χ3v) is 5.86. The number of aromatic nitrogens is 1. The second-order valence-corrected chi connectivity index (χ2v) is 8.01. The Morgan fingerprint density at radius 3 is 2.91 bits per heavy atom. The number of anilines is 2. The lowest BCUT2D eigenvalue weighted by Gasteiger charge is -2.29. The molecule has 0 atom stereocenters. The van der Waals surface area contributed by atoms with E-state index in [0.717, 1.165) is 22.7 Å². The van der Waals surface area contributed by atoms with Crippen LogP contribution in [0.15, 0.2) is 47.8 Å². The van der Waals surface area contributed by atoms with E-state index in [2.05, 4.69) is 10.3 Å². The van der Waals surface area contributed by atoms with Crippen LogP contribution in [0.2, 0.25) is 0 Å². The molecule has 0 unspecified atom stereocenters. The molecular weight excluding hydrogens is 430 g/mol. The zero-order valence-corrected chi connectivity index (χ0v) is 18.6. The summed E-state index contributed by atoms with van der Waals surface area (Å²) >= 11 is 1.56. The minimum Gasteiger partial charge on any atom is -0.495 e. The van der Waals surface area contributed by atoms with E-state index < -0.39 is 0 Å². The molecule has 0 fully saturated rings. The van der Waals surface area contributed by atoms with Crippen LogP contribution in [0.1, 0.15) is 5.01 Å². The van der Waals surface area contributed by atoms with Crippen LogP contribution in [0.4, 0.5) is 11.4 Å². The van der Waals surface area contributed by atoms with E-state index in [9.17, 15) is 9.59 Å². The molecule has 4 rings (SSSR count). The number of amides is 2. The molecular formula is C23H23N3O5S. The standard InChI is InChI=1S/C23H23N3O5S/c1-29-10-9-22-25-17(14-32-22)15-7-8-20-18(11-15)26(23(28)13-31-20)12-21(27)24-16-5-3-4-6-19(16)30-2/h3-8,11,14H,9-10,12-13H2,1-2H3,(H,24,27). The minimum absolute atomic E-state index is 0.119. The van der Waals surface area contributed by atoms with Gasteiger partial charge in [0.2, 0.25) is 5.91 Å². The summed E-state index contributed by atoms with van der Waals surface area (Å²) in [6.07, 6.45) is 0.739. The van der Waals surface area contributed by atoms with Gasteiger partial charge in [0.25, 0.3) is 5.91 Å². The van der Waals surface area contributed by atoms with E-state index in [1.807, 2.05) is 23.6 Å². The van der Waals surface area contributed by atoms with Crippen molar-refractivity contribution in [3.63, 3.8) is 0 Å². The molecule has 1 aromatic heterocycles. The van der Waals surface area contributed by atoms with Gasteiger partial charge in [-0.3, -0.25) is 14.5 Å². The molecule has 0 saturated carbocycles.